The Hall–Kier alpha value is -1.06. The van der Waals surface area contributed by atoms with Crippen molar-refractivity contribution in [2.24, 2.45) is 0 Å². The highest BCUT2D eigenvalue weighted by Gasteiger charge is 2.20. The van der Waals surface area contributed by atoms with Crippen LogP contribution in [-0.4, -0.2) is 11.0 Å². The van der Waals surface area contributed by atoms with Crippen LogP contribution in [0.4, 0.5) is 5.69 Å². The van der Waals surface area contributed by atoms with E-state index in [0.29, 0.717) is 23.6 Å². The smallest absolute Gasteiger partial charge is 0.224 e. The Morgan fingerprint density at radius 2 is 2.22 bits per heavy atom. The number of hydrogen-bond acceptors (Lipinski definition) is 2. The largest absolute Gasteiger partial charge is 0.388 e. The monoisotopic (exact) mass is 267 g/mol. The molecule has 0 radical (unpaired) electrons. The van der Waals surface area contributed by atoms with Gasteiger partial charge in [0, 0.05) is 6.42 Å². The molecule has 0 aliphatic carbocycles. The summed E-state index contributed by atoms with van der Waals surface area (Å²) in [5.74, 6) is 0.00341. The number of nitrogens with one attached hydrogen (secondary N) is 1. The van der Waals surface area contributed by atoms with Crippen molar-refractivity contribution in [2.45, 2.75) is 45.1 Å². The van der Waals surface area contributed by atoms with Crippen molar-refractivity contribution in [1.82, 2.24) is 0 Å². The van der Waals surface area contributed by atoms with Gasteiger partial charge < -0.3 is 10.4 Å². The molecule has 1 aromatic carbocycles. The summed E-state index contributed by atoms with van der Waals surface area (Å²) in [5, 5.41) is 13.4. The molecule has 0 aromatic heterocycles. The van der Waals surface area contributed by atoms with Crippen LogP contribution in [0.3, 0.4) is 0 Å². The van der Waals surface area contributed by atoms with Crippen molar-refractivity contribution in [3.05, 3.63) is 28.3 Å². The number of carbonyl (C=O) groups excluding carboxylic acids is 1. The number of rotatable bonds is 4. The van der Waals surface area contributed by atoms with Crippen LogP contribution in [0.15, 0.2) is 12.1 Å². The highest BCUT2D eigenvalue weighted by Crippen LogP contribution is 2.34. The van der Waals surface area contributed by atoms with E-state index in [1.165, 1.54) is 0 Å². The molecule has 1 amide bonds. The van der Waals surface area contributed by atoms with Gasteiger partial charge in [-0.15, -0.1) is 0 Å². The van der Waals surface area contributed by atoms with E-state index >= 15 is 0 Å². The number of unbranched alkanes of at least 4 members (excludes halogenated alkanes) is 1. The minimum Gasteiger partial charge on any atom is -0.388 e. The van der Waals surface area contributed by atoms with Crippen LogP contribution in [-0.2, 0) is 11.2 Å². The second kappa shape index (κ2) is 5.72. The van der Waals surface area contributed by atoms with Gasteiger partial charge in [0.2, 0.25) is 5.91 Å². The first-order valence-corrected chi connectivity index (χ1v) is 6.80. The third kappa shape index (κ3) is 2.85. The first-order valence-electron chi connectivity index (χ1n) is 6.42. The Bertz CT molecular complexity index is 459. The topological polar surface area (TPSA) is 49.3 Å². The standard InChI is InChI=1S/C14H18ClNO2/c1-2-3-4-12(17)10-7-9-5-6-13(18)16-14(9)11(15)8-10/h7-8,12,17H,2-6H2,1H3,(H,16,18). The number of halogens is 1. The van der Waals surface area contributed by atoms with Gasteiger partial charge in [0.25, 0.3) is 0 Å². The number of aryl methyl sites for hydroxylation is 1. The van der Waals surface area contributed by atoms with E-state index in [-0.39, 0.29) is 5.91 Å². The lowest BCUT2D eigenvalue weighted by Crippen LogP contribution is -2.19. The molecule has 0 fully saturated rings. The van der Waals surface area contributed by atoms with Crippen LogP contribution in [0, 0.1) is 0 Å². The molecular formula is C14H18ClNO2. The molecule has 18 heavy (non-hydrogen) atoms. The molecule has 3 nitrogen and oxygen atoms in total. The summed E-state index contributed by atoms with van der Waals surface area (Å²) in [6.07, 6.45) is 3.51. The normalized spacial score (nSPS) is 16.1. The zero-order valence-corrected chi connectivity index (χ0v) is 11.3. The van der Waals surface area contributed by atoms with Gasteiger partial charge in [-0.1, -0.05) is 37.4 Å². The lowest BCUT2D eigenvalue weighted by atomic mass is 9.96. The summed E-state index contributed by atoms with van der Waals surface area (Å²) in [7, 11) is 0. The van der Waals surface area contributed by atoms with Gasteiger partial charge in [0.15, 0.2) is 0 Å². The van der Waals surface area contributed by atoms with Crippen molar-refractivity contribution >= 4 is 23.2 Å². The fourth-order valence-electron chi connectivity index (χ4n) is 2.23. The van der Waals surface area contributed by atoms with Gasteiger partial charge in [0.05, 0.1) is 16.8 Å². The highest BCUT2D eigenvalue weighted by atomic mass is 35.5. The predicted octanol–water partition coefficient (Wildman–Crippen LogP) is 3.45. The quantitative estimate of drug-likeness (QED) is 0.878. The van der Waals surface area contributed by atoms with Crippen molar-refractivity contribution in [3.63, 3.8) is 0 Å². The number of aliphatic hydroxyl groups is 1. The highest BCUT2D eigenvalue weighted by molar-refractivity contribution is 6.34. The summed E-state index contributed by atoms with van der Waals surface area (Å²) in [6.45, 7) is 2.10. The molecule has 1 heterocycles. The van der Waals surface area contributed by atoms with Gasteiger partial charge in [-0.2, -0.15) is 0 Å². The fourth-order valence-corrected chi connectivity index (χ4v) is 2.53. The van der Waals surface area contributed by atoms with Gasteiger partial charge in [-0.3, -0.25) is 4.79 Å². The van der Waals surface area contributed by atoms with Gasteiger partial charge in [0.1, 0.15) is 0 Å². The van der Waals surface area contributed by atoms with Gasteiger partial charge >= 0.3 is 0 Å². The zero-order chi connectivity index (χ0) is 13.1. The molecule has 0 bridgehead atoms. The van der Waals surface area contributed by atoms with Crippen molar-refractivity contribution < 1.29 is 9.90 Å². The molecule has 0 saturated heterocycles. The predicted molar refractivity (Wildman–Crippen MR) is 72.9 cm³/mol. The summed E-state index contributed by atoms with van der Waals surface area (Å²) in [6, 6.07) is 3.72. The maximum Gasteiger partial charge on any atom is 0.224 e. The fraction of sp³-hybridized carbons (Fsp3) is 0.500. The number of fused-ring (bicyclic) bond motifs is 1. The molecule has 1 atom stereocenters. The Kier molecular flexibility index (Phi) is 4.25. The number of hydrogen-bond donors (Lipinski definition) is 2. The van der Waals surface area contributed by atoms with Crippen LogP contribution in [0.5, 0.6) is 0 Å². The van der Waals surface area contributed by atoms with E-state index in [9.17, 15) is 9.90 Å². The first kappa shape index (κ1) is 13.4. The number of aliphatic hydroxyl groups excluding tert-OH is 1. The second-order valence-corrected chi connectivity index (χ2v) is 5.15. The van der Waals surface area contributed by atoms with E-state index in [0.717, 1.165) is 30.4 Å². The first-order chi connectivity index (χ1) is 8.61. The number of amides is 1. The summed E-state index contributed by atoms with van der Waals surface area (Å²) in [4.78, 5) is 11.3. The average molecular weight is 268 g/mol. The molecule has 2 N–H and O–H groups in total. The molecule has 2 rings (SSSR count). The lowest BCUT2D eigenvalue weighted by molar-refractivity contribution is -0.116. The molecule has 98 valence electrons. The SMILES string of the molecule is CCCCC(O)c1cc(Cl)c2c(c1)CCC(=O)N2. The van der Waals surface area contributed by atoms with E-state index in [1.54, 1.807) is 6.07 Å². The molecule has 1 unspecified atom stereocenters. The van der Waals surface area contributed by atoms with Crippen LogP contribution < -0.4 is 5.32 Å². The van der Waals surface area contributed by atoms with E-state index in [1.807, 2.05) is 6.07 Å². The van der Waals surface area contributed by atoms with Crippen LogP contribution in [0.1, 0.15) is 49.8 Å². The molecule has 0 saturated carbocycles. The minimum atomic E-state index is -0.467. The van der Waals surface area contributed by atoms with Gasteiger partial charge in [-0.05, 0) is 30.0 Å². The van der Waals surface area contributed by atoms with Crippen LogP contribution >= 0.6 is 11.6 Å². The summed E-state index contributed by atoms with van der Waals surface area (Å²) >= 11 is 6.16. The summed E-state index contributed by atoms with van der Waals surface area (Å²) < 4.78 is 0. The minimum absolute atomic E-state index is 0.00341. The second-order valence-electron chi connectivity index (χ2n) is 4.74. The Morgan fingerprint density at radius 3 is 2.94 bits per heavy atom. The zero-order valence-electron chi connectivity index (χ0n) is 10.5. The third-order valence-corrected chi connectivity index (χ3v) is 3.59. The Labute approximate surface area is 112 Å². The molecule has 0 spiro atoms. The summed E-state index contributed by atoms with van der Waals surface area (Å²) in [5.41, 5.74) is 2.58. The number of benzene rings is 1. The van der Waals surface area contributed by atoms with Gasteiger partial charge in [-0.25, -0.2) is 0 Å². The Balaban J connectivity index is 2.24. The number of anilines is 1. The van der Waals surface area contributed by atoms with E-state index in [4.69, 9.17) is 11.6 Å². The van der Waals surface area contributed by atoms with Crippen LogP contribution in [0.25, 0.3) is 0 Å². The van der Waals surface area contributed by atoms with Crippen molar-refractivity contribution in [2.75, 3.05) is 5.32 Å². The van der Waals surface area contributed by atoms with E-state index in [2.05, 4.69) is 12.2 Å². The average Bonchev–Trinajstić information content (AvgIpc) is 2.36. The Morgan fingerprint density at radius 1 is 1.44 bits per heavy atom. The molecular weight excluding hydrogens is 250 g/mol. The molecule has 1 aliphatic heterocycles. The maximum absolute atomic E-state index is 11.3. The third-order valence-electron chi connectivity index (χ3n) is 3.30. The van der Waals surface area contributed by atoms with Crippen LogP contribution in [0.2, 0.25) is 5.02 Å². The molecule has 1 aromatic rings. The maximum atomic E-state index is 11.3. The molecule has 1 aliphatic rings. The van der Waals surface area contributed by atoms with Crippen molar-refractivity contribution in [3.8, 4) is 0 Å². The lowest BCUT2D eigenvalue weighted by Gasteiger charge is -2.21. The van der Waals surface area contributed by atoms with E-state index < -0.39 is 6.10 Å². The number of carbonyl (C=O) groups is 1. The van der Waals surface area contributed by atoms with Crippen molar-refractivity contribution in [1.29, 1.82) is 0 Å². The molecule has 4 heteroatoms.